The van der Waals surface area contributed by atoms with E-state index in [0.717, 1.165) is 19.3 Å². The Hall–Kier alpha value is -2.58. The maximum Gasteiger partial charge on any atom is 0.330 e. The third kappa shape index (κ3) is 5.21. The van der Waals surface area contributed by atoms with E-state index in [0.29, 0.717) is 37.1 Å². The van der Waals surface area contributed by atoms with Crippen LogP contribution in [0.2, 0.25) is 0 Å². The zero-order valence-corrected chi connectivity index (χ0v) is 16.6. The molecular formula is C18H30N6O3. The number of aryl methyl sites for hydroxylation is 1. The Labute approximate surface area is 158 Å². The van der Waals surface area contributed by atoms with Crippen molar-refractivity contribution in [1.29, 1.82) is 0 Å². The molecule has 0 saturated heterocycles. The number of nitrogens with zero attached hydrogens (tertiary/aromatic N) is 4. The van der Waals surface area contributed by atoms with E-state index < -0.39 is 11.2 Å². The second-order valence-corrected chi connectivity index (χ2v) is 7.06. The van der Waals surface area contributed by atoms with Crippen LogP contribution in [0.1, 0.15) is 58.7 Å². The molecule has 0 spiro atoms. The molecule has 0 unspecified atom stereocenters. The topological polar surface area (TPSA) is 123 Å². The largest absolute Gasteiger partial charge is 0.383 e. The van der Waals surface area contributed by atoms with Crippen LogP contribution in [0.5, 0.6) is 0 Å². The summed E-state index contributed by atoms with van der Waals surface area (Å²) in [7, 11) is 0. The molecule has 0 amide bonds. The third-order valence-corrected chi connectivity index (χ3v) is 4.39. The number of rotatable bonds is 10. The van der Waals surface area contributed by atoms with Crippen molar-refractivity contribution in [2.45, 2.75) is 66.5 Å². The first-order chi connectivity index (χ1) is 12.9. The van der Waals surface area contributed by atoms with E-state index in [1.165, 1.54) is 4.57 Å². The van der Waals surface area contributed by atoms with Crippen LogP contribution in [-0.2, 0) is 19.5 Å². The molecule has 150 valence electrons. The fourth-order valence-electron chi connectivity index (χ4n) is 2.77. The van der Waals surface area contributed by atoms with Gasteiger partial charge in [-0.25, -0.2) is 4.79 Å². The zero-order chi connectivity index (χ0) is 20.0. The van der Waals surface area contributed by atoms with Gasteiger partial charge in [-0.1, -0.05) is 39.3 Å². The van der Waals surface area contributed by atoms with Gasteiger partial charge in [0.1, 0.15) is 11.5 Å². The number of aromatic amines is 1. The minimum absolute atomic E-state index is 0.177. The summed E-state index contributed by atoms with van der Waals surface area (Å²) in [5.74, 6) is 1.65. The van der Waals surface area contributed by atoms with Crippen LogP contribution in [0, 0.1) is 5.92 Å². The second-order valence-electron chi connectivity index (χ2n) is 7.06. The number of aromatic nitrogens is 4. The van der Waals surface area contributed by atoms with Gasteiger partial charge < -0.3 is 15.2 Å². The van der Waals surface area contributed by atoms with Crippen LogP contribution in [0.25, 0.3) is 0 Å². The van der Waals surface area contributed by atoms with Gasteiger partial charge >= 0.3 is 5.69 Å². The van der Waals surface area contributed by atoms with Crippen molar-refractivity contribution in [1.82, 2.24) is 19.7 Å². The predicted molar refractivity (Wildman–Crippen MR) is 105 cm³/mol. The fourth-order valence-corrected chi connectivity index (χ4v) is 2.77. The van der Waals surface area contributed by atoms with Crippen LogP contribution < -0.4 is 21.9 Å². The molecule has 9 heteroatoms. The molecule has 3 N–H and O–H groups in total. The van der Waals surface area contributed by atoms with Crippen LogP contribution in [0.4, 0.5) is 11.5 Å². The van der Waals surface area contributed by atoms with Crippen molar-refractivity contribution < 1.29 is 4.52 Å². The number of unbranched alkanes of at least 4 members (excludes halogenated alkanes) is 1. The third-order valence-electron chi connectivity index (χ3n) is 4.39. The molecule has 0 aliphatic heterocycles. The molecular weight excluding hydrogens is 348 g/mol. The van der Waals surface area contributed by atoms with E-state index >= 15 is 0 Å². The van der Waals surface area contributed by atoms with Crippen LogP contribution in [-0.4, -0.2) is 26.2 Å². The predicted octanol–water partition coefficient (Wildman–Crippen LogP) is 1.92. The molecule has 0 aromatic carbocycles. The lowest BCUT2D eigenvalue weighted by atomic mass is 10.1. The lowest BCUT2D eigenvalue weighted by molar-refractivity contribution is 0.369. The van der Waals surface area contributed by atoms with E-state index in [4.69, 9.17) is 10.3 Å². The summed E-state index contributed by atoms with van der Waals surface area (Å²) in [5, 5.41) is 3.91. The molecule has 0 aliphatic carbocycles. The van der Waals surface area contributed by atoms with Gasteiger partial charge in [-0.2, -0.15) is 4.98 Å². The van der Waals surface area contributed by atoms with E-state index in [-0.39, 0.29) is 18.1 Å². The number of H-pyrrole nitrogens is 1. The highest BCUT2D eigenvalue weighted by Gasteiger charge is 2.21. The van der Waals surface area contributed by atoms with Crippen molar-refractivity contribution in [3.63, 3.8) is 0 Å². The van der Waals surface area contributed by atoms with Gasteiger partial charge in [-0.15, -0.1) is 0 Å². The molecule has 0 bridgehead atoms. The van der Waals surface area contributed by atoms with Crippen LogP contribution >= 0.6 is 0 Å². The minimum Gasteiger partial charge on any atom is -0.383 e. The summed E-state index contributed by atoms with van der Waals surface area (Å²) in [6, 6.07) is 0. The molecule has 2 rings (SSSR count). The maximum absolute atomic E-state index is 12.6. The summed E-state index contributed by atoms with van der Waals surface area (Å²) < 4.78 is 6.71. The zero-order valence-electron chi connectivity index (χ0n) is 16.6. The lowest BCUT2D eigenvalue weighted by Gasteiger charge is -2.25. The maximum atomic E-state index is 12.6. The second kappa shape index (κ2) is 9.38. The highest BCUT2D eigenvalue weighted by Crippen LogP contribution is 2.20. The summed E-state index contributed by atoms with van der Waals surface area (Å²) in [4.78, 5) is 33.3. The molecule has 2 aromatic heterocycles. The Morgan fingerprint density at radius 2 is 2.04 bits per heavy atom. The fraction of sp³-hybridized carbons (Fsp3) is 0.667. The Bertz CT molecular complexity index is 852. The minimum atomic E-state index is -0.496. The number of hydrogen-bond acceptors (Lipinski definition) is 7. The SMILES string of the molecule is CCCCn1c(N)c(N(CCC(C)C)Cc2nc(CC)no2)c(=O)[nH]c1=O. The lowest BCUT2D eigenvalue weighted by Crippen LogP contribution is -2.39. The first kappa shape index (κ1) is 20.7. The number of nitrogen functional groups attached to an aromatic ring is 1. The van der Waals surface area contributed by atoms with Crippen LogP contribution in [0.15, 0.2) is 14.1 Å². The number of hydrogen-bond donors (Lipinski definition) is 2. The molecule has 0 fully saturated rings. The van der Waals surface area contributed by atoms with Crippen molar-refractivity contribution in [3.05, 3.63) is 32.6 Å². The molecule has 0 radical (unpaired) electrons. The number of nitrogens with one attached hydrogen (secondary N) is 1. The summed E-state index contributed by atoms with van der Waals surface area (Å²) in [5.41, 5.74) is 5.55. The molecule has 0 atom stereocenters. The van der Waals surface area contributed by atoms with E-state index in [2.05, 4.69) is 29.0 Å². The van der Waals surface area contributed by atoms with Crippen molar-refractivity contribution >= 4 is 11.5 Å². The normalized spacial score (nSPS) is 11.3. The van der Waals surface area contributed by atoms with Gasteiger partial charge in [0.25, 0.3) is 5.56 Å². The first-order valence-corrected chi connectivity index (χ1v) is 9.56. The highest BCUT2D eigenvalue weighted by atomic mass is 16.5. The molecule has 9 nitrogen and oxygen atoms in total. The molecule has 0 saturated carbocycles. The highest BCUT2D eigenvalue weighted by molar-refractivity contribution is 5.62. The van der Waals surface area contributed by atoms with Gasteiger partial charge in [0.05, 0.1) is 6.54 Å². The molecule has 2 aromatic rings. The summed E-state index contributed by atoms with van der Waals surface area (Å²) in [6.07, 6.45) is 3.23. The Kier molecular flexibility index (Phi) is 7.20. The summed E-state index contributed by atoms with van der Waals surface area (Å²) in [6.45, 7) is 9.50. The van der Waals surface area contributed by atoms with E-state index in [1.807, 2.05) is 18.7 Å². The Morgan fingerprint density at radius 3 is 2.63 bits per heavy atom. The van der Waals surface area contributed by atoms with Gasteiger partial charge in [-0.3, -0.25) is 14.3 Å². The molecule has 2 heterocycles. The van der Waals surface area contributed by atoms with Gasteiger partial charge in [-0.05, 0) is 18.8 Å². The average molecular weight is 378 g/mol. The summed E-state index contributed by atoms with van der Waals surface area (Å²) >= 11 is 0. The van der Waals surface area contributed by atoms with Crippen molar-refractivity contribution in [2.24, 2.45) is 5.92 Å². The first-order valence-electron chi connectivity index (χ1n) is 9.56. The Morgan fingerprint density at radius 1 is 1.30 bits per heavy atom. The number of anilines is 2. The Balaban J connectivity index is 2.43. The van der Waals surface area contributed by atoms with Crippen molar-refractivity contribution in [2.75, 3.05) is 17.2 Å². The molecule has 27 heavy (non-hydrogen) atoms. The van der Waals surface area contributed by atoms with E-state index in [1.54, 1.807) is 0 Å². The van der Waals surface area contributed by atoms with E-state index in [9.17, 15) is 9.59 Å². The quantitative estimate of drug-likeness (QED) is 0.647. The average Bonchev–Trinajstić information content (AvgIpc) is 3.06. The smallest absolute Gasteiger partial charge is 0.330 e. The van der Waals surface area contributed by atoms with Crippen LogP contribution in [0.3, 0.4) is 0 Å². The monoisotopic (exact) mass is 378 g/mol. The van der Waals surface area contributed by atoms with Gasteiger partial charge in [0, 0.05) is 19.5 Å². The molecule has 0 aliphatic rings. The standard InChI is InChI=1S/C18H30N6O3/c1-5-7-9-24-16(19)15(17(25)21-18(24)26)23(10-8-12(3)4)11-14-20-13(6-2)22-27-14/h12H,5-11,19H2,1-4H3,(H,21,25,26). The van der Waals surface area contributed by atoms with Gasteiger partial charge in [0.2, 0.25) is 5.89 Å². The number of nitrogens with two attached hydrogens (primary N) is 1. The van der Waals surface area contributed by atoms with Gasteiger partial charge in [0.15, 0.2) is 5.82 Å². The van der Waals surface area contributed by atoms with Crippen molar-refractivity contribution in [3.8, 4) is 0 Å².